The van der Waals surface area contributed by atoms with E-state index in [9.17, 15) is 9.59 Å². The van der Waals surface area contributed by atoms with E-state index in [0.29, 0.717) is 25.7 Å². The molecular formula is C14H24N2O3. The number of nitrogens with zero attached hydrogens (tertiary/aromatic N) is 1. The van der Waals surface area contributed by atoms with E-state index in [0.717, 1.165) is 12.8 Å². The fourth-order valence-corrected chi connectivity index (χ4v) is 3.15. The Morgan fingerprint density at radius 1 is 1.26 bits per heavy atom. The lowest BCUT2D eigenvalue weighted by Crippen LogP contribution is -2.61. The average molecular weight is 268 g/mol. The smallest absolute Gasteiger partial charge is 0.243 e. The molecule has 2 rings (SSSR count). The van der Waals surface area contributed by atoms with E-state index >= 15 is 0 Å². The normalized spacial score (nSPS) is 25.5. The minimum Gasteiger partial charge on any atom is -0.380 e. The summed E-state index contributed by atoms with van der Waals surface area (Å²) >= 11 is 0. The summed E-state index contributed by atoms with van der Waals surface area (Å²) in [7, 11) is 0. The fourth-order valence-electron chi connectivity index (χ4n) is 3.15. The summed E-state index contributed by atoms with van der Waals surface area (Å²) in [6.45, 7) is 3.75. The number of piperazine rings is 1. The van der Waals surface area contributed by atoms with Gasteiger partial charge < -0.3 is 15.0 Å². The van der Waals surface area contributed by atoms with Crippen LogP contribution in [0.2, 0.25) is 0 Å². The number of hydrogen-bond donors (Lipinski definition) is 1. The van der Waals surface area contributed by atoms with Crippen LogP contribution in [0, 0.1) is 5.92 Å². The average Bonchev–Trinajstić information content (AvgIpc) is 2.44. The summed E-state index contributed by atoms with van der Waals surface area (Å²) in [5, 5.41) is 2.73. The molecule has 2 fully saturated rings. The Hall–Kier alpha value is -1.10. The Balaban J connectivity index is 2.03. The van der Waals surface area contributed by atoms with E-state index in [1.165, 1.54) is 19.3 Å². The van der Waals surface area contributed by atoms with Crippen molar-refractivity contribution < 1.29 is 14.3 Å². The molecule has 0 radical (unpaired) electrons. The molecule has 19 heavy (non-hydrogen) atoms. The van der Waals surface area contributed by atoms with Gasteiger partial charge in [0, 0.05) is 13.2 Å². The molecule has 5 nitrogen and oxygen atoms in total. The summed E-state index contributed by atoms with van der Waals surface area (Å²) < 4.78 is 5.33. The number of hydrogen-bond acceptors (Lipinski definition) is 3. The van der Waals surface area contributed by atoms with E-state index in [2.05, 4.69) is 5.32 Å². The summed E-state index contributed by atoms with van der Waals surface area (Å²) in [6, 6.07) is -0.276. The molecule has 1 heterocycles. The Morgan fingerprint density at radius 3 is 2.68 bits per heavy atom. The van der Waals surface area contributed by atoms with Crippen molar-refractivity contribution in [2.75, 3.05) is 26.3 Å². The van der Waals surface area contributed by atoms with Gasteiger partial charge in [-0.2, -0.15) is 0 Å². The van der Waals surface area contributed by atoms with Crippen molar-refractivity contribution in [1.29, 1.82) is 0 Å². The molecule has 0 aromatic rings. The van der Waals surface area contributed by atoms with Crippen LogP contribution < -0.4 is 5.32 Å². The van der Waals surface area contributed by atoms with Crippen LogP contribution in [0.1, 0.15) is 39.0 Å². The molecule has 1 atom stereocenters. The largest absolute Gasteiger partial charge is 0.380 e. The highest BCUT2D eigenvalue weighted by molar-refractivity contribution is 5.95. The third-order valence-electron chi connectivity index (χ3n) is 4.12. The van der Waals surface area contributed by atoms with Crippen LogP contribution in [0.25, 0.3) is 0 Å². The van der Waals surface area contributed by atoms with Gasteiger partial charge in [-0.25, -0.2) is 0 Å². The zero-order chi connectivity index (χ0) is 13.7. The van der Waals surface area contributed by atoms with E-state index in [-0.39, 0.29) is 24.4 Å². The molecule has 1 aliphatic carbocycles. The molecule has 0 bridgehead atoms. The predicted molar refractivity (Wildman–Crippen MR) is 71.6 cm³/mol. The zero-order valence-electron chi connectivity index (χ0n) is 11.7. The molecular weight excluding hydrogens is 244 g/mol. The second-order valence-corrected chi connectivity index (χ2v) is 5.34. The molecule has 5 heteroatoms. The van der Waals surface area contributed by atoms with E-state index in [1.807, 2.05) is 6.92 Å². The molecule has 1 unspecified atom stereocenters. The highest BCUT2D eigenvalue weighted by Crippen LogP contribution is 2.30. The maximum absolute atomic E-state index is 12.1. The van der Waals surface area contributed by atoms with Crippen LogP contribution in [-0.2, 0) is 14.3 Å². The number of amides is 2. The Morgan fingerprint density at radius 2 is 2.00 bits per heavy atom. The first-order chi connectivity index (χ1) is 9.24. The number of ether oxygens (including phenoxy) is 1. The minimum atomic E-state index is -0.276. The van der Waals surface area contributed by atoms with Crippen molar-refractivity contribution in [3.8, 4) is 0 Å². The number of nitrogens with one attached hydrogen (secondary N) is 1. The van der Waals surface area contributed by atoms with Gasteiger partial charge in [0.25, 0.3) is 0 Å². The van der Waals surface area contributed by atoms with Crippen molar-refractivity contribution >= 4 is 11.8 Å². The van der Waals surface area contributed by atoms with Crippen LogP contribution in [0.3, 0.4) is 0 Å². The van der Waals surface area contributed by atoms with E-state index in [1.54, 1.807) is 4.90 Å². The van der Waals surface area contributed by atoms with Gasteiger partial charge in [-0.05, 0) is 25.7 Å². The maximum atomic E-state index is 12.1. The van der Waals surface area contributed by atoms with Gasteiger partial charge in [-0.15, -0.1) is 0 Å². The lowest BCUT2D eigenvalue weighted by Gasteiger charge is -2.40. The summed E-state index contributed by atoms with van der Waals surface area (Å²) in [6.07, 6.45) is 5.69. The molecule has 1 aliphatic heterocycles. The first-order valence-electron chi connectivity index (χ1n) is 7.39. The molecule has 2 aliphatic rings. The molecule has 0 spiro atoms. The van der Waals surface area contributed by atoms with Crippen molar-refractivity contribution in [2.45, 2.75) is 45.1 Å². The Kier molecular flexibility index (Phi) is 5.19. The number of carbonyl (C=O) groups is 2. The maximum Gasteiger partial charge on any atom is 0.243 e. The second kappa shape index (κ2) is 6.89. The lowest BCUT2D eigenvalue weighted by molar-refractivity contribution is -0.149. The quantitative estimate of drug-likeness (QED) is 0.755. The summed E-state index contributed by atoms with van der Waals surface area (Å²) in [4.78, 5) is 25.9. The lowest BCUT2D eigenvalue weighted by atomic mass is 9.82. The molecule has 0 aromatic heterocycles. The Labute approximate surface area is 114 Å². The van der Waals surface area contributed by atoms with Crippen molar-refractivity contribution in [3.63, 3.8) is 0 Å². The predicted octanol–water partition coefficient (Wildman–Crippen LogP) is 0.930. The van der Waals surface area contributed by atoms with E-state index in [4.69, 9.17) is 4.74 Å². The van der Waals surface area contributed by atoms with Gasteiger partial charge in [-0.3, -0.25) is 9.59 Å². The van der Waals surface area contributed by atoms with Gasteiger partial charge in [0.05, 0.1) is 13.2 Å². The SMILES string of the molecule is CCOCCN1C(=O)CNC(=O)C1C1CCCCC1. The third-order valence-corrected chi connectivity index (χ3v) is 4.12. The molecule has 108 valence electrons. The fraction of sp³-hybridized carbons (Fsp3) is 0.857. The van der Waals surface area contributed by atoms with Crippen molar-refractivity contribution in [2.24, 2.45) is 5.92 Å². The van der Waals surface area contributed by atoms with Crippen LogP contribution in [0.4, 0.5) is 0 Å². The number of carbonyl (C=O) groups excluding carboxylic acids is 2. The molecule has 1 saturated heterocycles. The summed E-state index contributed by atoms with van der Waals surface area (Å²) in [5.74, 6) is 0.359. The monoisotopic (exact) mass is 268 g/mol. The van der Waals surface area contributed by atoms with Crippen LogP contribution in [-0.4, -0.2) is 49.1 Å². The van der Waals surface area contributed by atoms with Gasteiger partial charge in [0.2, 0.25) is 11.8 Å². The molecule has 0 aromatic carbocycles. The van der Waals surface area contributed by atoms with Crippen LogP contribution in [0.5, 0.6) is 0 Å². The topological polar surface area (TPSA) is 58.6 Å². The first kappa shape index (κ1) is 14.3. The standard InChI is InChI=1S/C14H24N2O3/c1-2-19-9-8-16-12(17)10-15-14(18)13(16)11-6-4-3-5-7-11/h11,13H,2-10H2,1H3,(H,15,18). The van der Waals surface area contributed by atoms with Gasteiger partial charge >= 0.3 is 0 Å². The van der Waals surface area contributed by atoms with Gasteiger partial charge in [-0.1, -0.05) is 19.3 Å². The molecule has 1 saturated carbocycles. The van der Waals surface area contributed by atoms with Crippen molar-refractivity contribution in [1.82, 2.24) is 10.2 Å². The van der Waals surface area contributed by atoms with Crippen LogP contribution >= 0.6 is 0 Å². The summed E-state index contributed by atoms with van der Waals surface area (Å²) in [5.41, 5.74) is 0. The Bertz CT molecular complexity index is 327. The van der Waals surface area contributed by atoms with E-state index < -0.39 is 0 Å². The van der Waals surface area contributed by atoms with Gasteiger partial charge in [0.15, 0.2) is 0 Å². The highest BCUT2D eigenvalue weighted by Gasteiger charge is 2.39. The zero-order valence-corrected chi connectivity index (χ0v) is 11.7. The highest BCUT2D eigenvalue weighted by atomic mass is 16.5. The molecule has 2 amide bonds. The van der Waals surface area contributed by atoms with Gasteiger partial charge in [0.1, 0.15) is 6.04 Å². The van der Waals surface area contributed by atoms with Crippen LogP contribution in [0.15, 0.2) is 0 Å². The minimum absolute atomic E-state index is 0.0167. The number of rotatable bonds is 5. The third kappa shape index (κ3) is 3.47. The second-order valence-electron chi connectivity index (χ2n) is 5.34. The molecule has 1 N–H and O–H groups in total. The van der Waals surface area contributed by atoms with Crippen molar-refractivity contribution in [3.05, 3.63) is 0 Å². The first-order valence-corrected chi connectivity index (χ1v) is 7.39.